The highest BCUT2D eigenvalue weighted by atomic mass is 16.6. The number of methoxy groups -OCH3 is 1. The number of nitrogens with one attached hydrogen (secondary N) is 1. The van der Waals surface area contributed by atoms with Gasteiger partial charge < -0.3 is 9.47 Å². The van der Waals surface area contributed by atoms with Gasteiger partial charge in [-0.2, -0.15) is 0 Å². The van der Waals surface area contributed by atoms with Gasteiger partial charge in [0.05, 0.1) is 7.11 Å². The van der Waals surface area contributed by atoms with Crippen molar-refractivity contribution in [2.45, 2.75) is 6.92 Å². The molecule has 2 rings (SSSR count). The first-order chi connectivity index (χ1) is 10.1. The predicted molar refractivity (Wildman–Crippen MR) is 79.1 cm³/mol. The van der Waals surface area contributed by atoms with Gasteiger partial charge in [0.2, 0.25) is 0 Å². The van der Waals surface area contributed by atoms with Gasteiger partial charge in [0.1, 0.15) is 11.5 Å². The molecule has 0 saturated carbocycles. The fourth-order valence-corrected chi connectivity index (χ4v) is 1.68. The van der Waals surface area contributed by atoms with E-state index in [4.69, 9.17) is 9.47 Å². The molecular weight excluding hydrogens is 270 g/mol. The van der Waals surface area contributed by atoms with Crippen molar-refractivity contribution in [3.63, 3.8) is 0 Å². The number of carbonyl (C=O) groups is 2. The molecule has 5 nitrogen and oxygen atoms in total. The summed E-state index contributed by atoms with van der Waals surface area (Å²) in [7, 11) is 1.57. The van der Waals surface area contributed by atoms with E-state index in [2.05, 4.69) is 5.32 Å². The molecule has 0 atom stereocenters. The van der Waals surface area contributed by atoms with Crippen molar-refractivity contribution in [1.29, 1.82) is 0 Å². The number of Topliss-reactive ketones (excluding diaryl/α,β-unsaturated/α-hetero) is 1. The highest BCUT2D eigenvalue weighted by Crippen LogP contribution is 2.17. The summed E-state index contributed by atoms with van der Waals surface area (Å²) in [6.07, 6.45) is -0.601. The molecule has 0 spiro atoms. The van der Waals surface area contributed by atoms with Crippen LogP contribution in [0.3, 0.4) is 0 Å². The zero-order valence-electron chi connectivity index (χ0n) is 11.8. The van der Waals surface area contributed by atoms with Crippen LogP contribution in [0.15, 0.2) is 48.5 Å². The third-order valence-electron chi connectivity index (χ3n) is 2.81. The van der Waals surface area contributed by atoms with E-state index in [1.807, 2.05) is 0 Å². The molecule has 0 saturated heterocycles. The lowest BCUT2D eigenvalue weighted by atomic mass is 10.1. The normalized spacial score (nSPS) is 9.81. The minimum absolute atomic E-state index is 0.0377. The number of ketones is 1. The van der Waals surface area contributed by atoms with E-state index in [1.165, 1.54) is 6.92 Å². The Kier molecular flexibility index (Phi) is 4.56. The Morgan fingerprint density at radius 1 is 0.905 bits per heavy atom. The fraction of sp³-hybridized carbons (Fsp3) is 0.125. The summed E-state index contributed by atoms with van der Waals surface area (Å²) in [4.78, 5) is 22.9. The van der Waals surface area contributed by atoms with Crippen LogP contribution in [0.25, 0.3) is 0 Å². The third kappa shape index (κ3) is 4.07. The minimum Gasteiger partial charge on any atom is -0.497 e. The first-order valence-corrected chi connectivity index (χ1v) is 6.32. The van der Waals surface area contributed by atoms with Gasteiger partial charge in [-0.05, 0) is 55.5 Å². The second-order valence-corrected chi connectivity index (χ2v) is 4.32. The molecule has 1 N–H and O–H groups in total. The van der Waals surface area contributed by atoms with Crippen molar-refractivity contribution in [2.24, 2.45) is 0 Å². The number of rotatable bonds is 4. The van der Waals surface area contributed by atoms with Crippen molar-refractivity contribution in [1.82, 2.24) is 0 Å². The first kappa shape index (κ1) is 14.6. The van der Waals surface area contributed by atoms with Crippen LogP contribution >= 0.6 is 0 Å². The highest BCUT2D eigenvalue weighted by molar-refractivity contribution is 5.94. The number of amides is 1. The second-order valence-electron chi connectivity index (χ2n) is 4.32. The first-order valence-electron chi connectivity index (χ1n) is 6.32. The van der Waals surface area contributed by atoms with E-state index in [9.17, 15) is 9.59 Å². The van der Waals surface area contributed by atoms with Gasteiger partial charge in [0.15, 0.2) is 5.78 Å². The quantitative estimate of drug-likeness (QED) is 0.873. The van der Waals surface area contributed by atoms with E-state index < -0.39 is 6.09 Å². The van der Waals surface area contributed by atoms with Crippen LogP contribution in [0.5, 0.6) is 11.5 Å². The molecule has 0 heterocycles. The number of benzene rings is 2. The Bertz CT molecular complexity index is 632. The molecule has 0 unspecified atom stereocenters. The maximum absolute atomic E-state index is 11.7. The standard InChI is InChI=1S/C16H15NO4/c1-11(18)12-3-7-15(8-4-12)21-16(19)17-13-5-9-14(20-2)10-6-13/h3-10H,1-2H3,(H,17,19). The summed E-state index contributed by atoms with van der Waals surface area (Å²) in [5.41, 5.74) is 1.17. The van der Waals surface area contributed by atoms with Gasteiger partial charge in [-0.3, -0.25) is 10.1 Å². The average molecular weight is 285 g/mol. The molecule has 5 heteroatoms. The molecule has 0 aliphatic heterocycles. The number of ether oxygens (including phenoxy) is 2. The molecule has 21 heavy (non-hydrogen) atoms. The van der Waals surface area contributed by atoms with Crippen LogP contribution in [0.1, 0.15) is 17.3 Å². The molecule has 0 aliphatic carbocycles. The van der Waals surface area contributed by atoms with E-state index in [0.717, 1.165) is 0 Å². The van der Waals surface area contributed by atoms with E-state index >= 15 is 0 Å². The Labute approximate surface area is 122 Å². The van der Waals surface area contributed by atoms with Crippen LogP contribution in [-0.2, 0) is 0 Å². The summed E-state index contributed by atoms with van der Waals surface area (Å²) < 4.78 is 10.1. The summed E-state index contributed by atoms with van der Waals surface area (Å²) in [5, 5.41) is 2.60. The topological polar surface area (TPSA) is 64.6 Å². The lowest BCUT2D eigenvalue weighted by Gasteiger charge is -2.07. The van der Waals surface area contributed by atoms with Gasteiger partial charge in [-0.25, -0.2) is 4.79 Å². The van der Waals surface area contributed by atoms with Crippen LogP contribution in [-0.4, -0.2) is 19.0 Å². The second kappa shape index (κ2) is 6.56. The SMILES string of the molecule is COc1ccc(NC(=O)Oc2ccc(C(C)=O)cc2)cc1. The number of anilines is 1. The molecule has 0 bridgehead atoms. The van der Waals surface area contributed by atoms with E-state index in [1.54, 1.807) is 55.6 Å². The predicted octanol–water partition coefficient (Wildman–Crippen LogP) is 3.51. The van der Waals surface area contributed by atoms with E-state index in [0.29, 0.717) is 22.7 Å². The smallest absolute Gasteiger partial charge is 0.417 e. The zero-order chi connectivity index (χ0) is 15.2. The van der Waals surface area contributed by atoms with Gasteiger partial charge in [0.25, 0.3) is 0 Å². The Balaban J connectivity index is 1.95. The molecule has 0 aliphatic rings. The van der Waals surface area contributed by atoms with Crippen LogP contribution < -0.4 is 14.8 Å². The van der Waals surface area contributed by atoms with Crippen molar-refractivity contribution in [2.75, 3.05) is 12.4 Å². The molecule has 0 aromatic heterocycles. The molecule has 0 fully saturated rings. The van der Waals surface area contributed by atoms with E-state index in [-0.39, 0.29) is 5.78 Å². The van der Waals surface area contributed by atoms with Crippen molar-refractivity contribution in [3.05, 3.63) is 54.1 Å². The molecule has 1 amide bonds. The monoisotopic (exact) mass is 285 g/mol. The fourth-order valence-electron chi connectivity index (χ4n) is 1.68. The summed E-state index contributed by atoms with van der Waals surface area (Å²) >= 11 is 0. The Hall–Kier alpha value is -2.82. The number of hydrogen-bond donors (Lipinski definition) is 1. The molecule has 108 valence electrons. The summed E-state index contributed by atoms with van der Waals surface area (Å²) in [6, 6.07) is 13.2. The Morgan fingerprint density at radius 2 is 1.48 bits per heavy atom. The van der Waals surface area contributed by atoms with Crippen molar-refractivity contribution < 1.29 is 19.1 Å². The minimum atomic E-state index is -0.601. The number of carbonyl (C=O) groups excluding carboxylic acids is 2. The average Bonchev–Trinajstić information content (AvgIpc) is 2.48. The van der Waals surface area contributed by atoms with Crippen LogP contribution in [0, 0.1) is 0 Å². The van der Waals surface area contributed by atoms with Crippen molar-refractivity contribution >= 4 is 17.6 Å². The van der Waals surface area contributed by atoms with Gasteiger partial charge in [-0.15, -0.1) is 0 Å². The molecule has 2 aromatic carbocycles. The van der Waals surface area contributed by atoms with Crippen LogP contribution in [0.4, 0.5) is 10.5 Å². The third-order valence-corrected chi connectivity index (χ3v) is 2.81. The summed E-state index contributed by atoms with van der Waals surface area (Å²) in [6.45, 7) is 1.48. The van der Waals surface area contributed by atoms with Gasteiger partial charge in [-0.1, -0.05) is 0 Å². The largest absolute Gasteiger partial charge is 0.497 e. The zero-order valence-corrected chi connectivity index (χ0v) is 11.8. The molecule has 0 radical (unpaired) electrons. The maximum atomic E-state index is 11.7. The molecular formula is C16H15NO4. The van der Waals surface area contributed by atoms with Gasteiger partial charge >= 0.3 is 6.09 Å². The number of hydrogen-bond acceptors (Lipinski definition) is 4. The maximum Gasteiger partial charge on any atom is 0.417 e. The van der Waals surface area contributed by atoms with Crippen molar-refractivity contribution in [3.8, 4) is 11.5 Å². The lowest BCUT2D eigenvalue weighted by molar-refractivity contribution is 0.101. The highest BCUT2D eigenvalue weighted by Gasteiger charge is 2.06. The Morgan fingerprint density at radius 3 is 2.00 bits per heavy atom. The van der Waals surface area contributed by atoms with Gasteiger partial charge in [0, 0.05) is 11.3 Å². The summed E-state index contributed by atoms with van der Waals surface area (Å²) in [5.74, 6) is 1.03. The molecule has 2 aromatic rings. The lowest BCUT2D eigenvalue weighted by Crippen LogP contribution is -2.16. The van der Waals surface area contributed by atoms with Crippen LogP contribution in [0.2, 0.25) is 0 Å².